The molecule has 0 atom stereocenters. The van der Waals surface area contributed by atoms with Crippen molar-refractivity contribution in [1.82, 2.24) is 9.78 Å². The van der Waals surface area contributed by atoms with Crippen LogP contribution in [0, 0.1) is 10.1 Å². The minimum Gasteiger partial charge on any atom is -0.321 e. The number of carbonyl (C=O) groups excluding carboxylic acids is 1. The van der Waals surface area contributed by atoms with E-state index in [0.717, 1.165) is 19.2 Å². The van der Waals surface area contributed by atoms with Gasteiger partial charge in [-0.3, -0.25) is 19.6 Å². The van der Waals surface area contributed by atoms with E-state index in [1.165, 1.54) is 12.1 Å². The third kappa shape index (κ3) is 3.42. The first-order valence-corrected chi connectivity index (χ1v) is 6.34. The van der Waals surface area contributed by atoms with Crippen molar-refractivity contribution in [2.75, 3.05) is 5.32 Å². The molecule has 1 N–H and O–H groups in total. The number of nitro groups is 1. The number of nitrogens with zero attached hydrogens (tertiary/aromatic N) is 3. The number of non-ortho nitro benzene ring substituents is 1. The van der Waals surface area contributed by atoms with E-state index in [9.17, 15) is 28.1 Å². The van der Waals surface area contributed by atoms with Gasteiger partial charge in [-0.15, -0.1) is 0 Å². The molecular weight excluding hydrogens is 341 g/mol. The predicted octanol–water partition coefficient (Wildman–Crippen LogP) is 3.25. The van der Waals surface area contributed by atoms with Crippen molar-refractivity contribution in [3.8, 4) is 0 Å². The Morgan fingerprint density at radius 3 is 2.35 bits per heavy atom. The minimum absolute atomic E-state index is 0.159. The molecular formula is C12H8ClF3N4O3. The molecule has 2 rings (SSSR count). The highest BCUT2D eigenvalue weighted by Crippen LogP contribution is 2.35. The van der Waals surface area contributed by atoms with Crippen molar-refractivity contribution in [2.45, 2.75) is 6.18 Å². The lowest BCUT2D eigenvalue weighted by Crippen LogP contribution is -2.16. The van der Waals surface area contributed by atoms with Gasteiger partial charge in [0.15, 0.2) is 5.69 Å². The number of aromatic nitrogens is 2. The fourth-order valence-corrected chi connectivity index (χ4v) is 2.14. The first-order valence-electron chi connectivity index (χ1n) is 5.96. The van der Waals surface area contributed by atoms with Crippen molar-refractivity contribution < 1.29 is 22.9 Å². The van der Waals surface area contributed by atoms with Gasteiger partial charge in [-0.05, 0) is 12.1 Å². The lowest BCUT2D eigenvalue weighted by atomic mass is 10.2. The summed E-state index contributed by atoms with van der Waals surface area (Å²) in [6.07, 6.45) is -4.79. The summed E-state index contributed by atoms with van der Waals surface area (Å²) < 4.78 is 38.8. The van der Waals surface area contributed by atoms with Crippen LogP contribution in [0.3, 0.4) is 0 Å². The van der Waals surface area contributed by atoms with Crippen molar-refractivity contribution in [3.63, 3.8) is 0 Å². The molecule has 2 aromatic rings. The monoisotopic (exact) mass is 348 g/mol. The van der Waals surface area contributed by atoms with Gasteiger partial charge in [0, 0.05) is 24.9 Å². The van der Waals surface area contributed by atoms with Crippen LogP contribution in [0.15, 0.2) is 24.3 Å². The minimum atomic E-state index is -4.79. The van der Waals surface area contributed by atoms with Gasteiger partial charge in [0.2, 0.25) is 0 Å². The highest BCUT2D eigenvalue weighted by Gasteiger charge is 2.39. The van der Waals surface area contributed by atoms with Crippen molar-refractivity contribution in [3.05, 3.63) is 50.8 Å². The van der Waals surface area contributed by atoms with Crippen LogP contribution in [0.5, 0.6) is 0 Å². The summed E-state index contributed by atoms with van der Waals surface area (Å²) >= 11 is 5.59. The van der Waals surface area contributed by atoms with E-state index < -0.39 is 33.4 Å². The summed E-state index contributed by atoms with van der Waals surface area (Å²) in [6, 6.07) is 4.76. The van der Waals surface area contributed by atoms with Crippen molar-refractivity contribution >= 4 is 28.9 Å². The largest absolute Gasteiger partial charge is 0.436 e. The van der Waals surface area contributed by atoms with Gasteiger partial charge in [0.05, 0.1) is 4.92 Å². The fraction of sp³-hybridized carbons (Fsp3) is 0.167. The molecule has 0 aliphatic rings. The average Bonchev–Trinajstić information content (AvgIpc) is 2.74. The highest BCUT2D eigenvalue weighted by atomic mass is 35.5. The summed E-state index contributed by atoms with van der Waals surface area (Å²) in [5.74, 6) is -0.922. The molecule has 0 aliphatic heterocycles. The number of nitro benzene ring substituents is 1. The van der Waals surface area contributed by atoms with Gasteiger partial charge in [0.1, 0.15) is 10.7 Å². The molecule has 1 aromatic carbocycles. The number of hydrogen-bond acceptors (Lipinski definition) is 4. The van der Waals surface area contributed by atoms with Gasteiger partial charge in [0.25, 0.3) is 11.6 Å². The molecule has 0 saturated carbocycles. The Balaban J connectivity index is 2.28. The normalized spacial score (nSPS) is 11.3. The molecule has 0 spiro atoms. The number of anilines is 1. The molecule has 1 aromatic heterocycles. The molecule has 1 amide bonds. The zero-order valence-corrected chi connectivity index (χ0v) is 12.1. The Kier molecular flexibility index (Phi) is 4.28. The highest BCUT2D eigenvalue weighted by molar-refractivity contribution is 6.34. The first-order chi connectivity index (χ1) is 10.6. The van der Waals surface area contributed by atoms with Gasteiger partial charge in [-0.25, -0.2) is 0 Å². The standard InChI is InChI=1S/C12H8ClF3N4O3/c1-19-9(8(13)10(18-19)12(14,15)16)11(21)17-6-2-4-7(5-3-6)20(22)23/h2-5H,1H3,(H,17,21). The zero-order valence-electron chi connectivity index (χ0n) is 11.4. The van der Waals surface area contributed by atoms with Crippen LogP contribution in [0.4, 0.5) is 24.5 Å². The SMILES string of the molecule is Cn1nc(C(F)(F)F)c(Cl)c1C(=O)Nc1ccc([N+](=O)[O-])cc1. The molecule has 0 bridgehead atoms. The third-order valence-electron chi connectivity index (χ3n) is 2.81. The third-order valence-corrected chi connectivity index (χ3v) is 3.17. The number of amides is 1. The van der Waals surface area contributed by atoms with Crippen molar-refractivity contribution in [1.29, 1.82) is 0 Å². The van der Waals surface area contributed by atoms with E-state index in [1.54, 1.807) is 0 Å². The van der Waals surface area contributed by atoms with E-state index in [-0.39, 0.29) is 11.4 Å². The molecule has 23 heavy (non-hydrogen) atoms. The number of carbonyl (C=O) groups is 1. The van der Waals surface area contributed by atoms with E-state index in [4.69, 9.17) is 11.6 Å². The second-order valence-electron chi connectivity index (χ2n) is 4.39. The number of rotatable bonds is 3. The number of nitrogens with one attached hydrogen (secondary N) is 1. The molecule has 7 nitrogen and oxygen atoms in total. The molecule has 1 heterocycles. The summed E-state index contributed by atoms with van der Waals surface area (Å²) in [7, 11) is 1.14. The number of aryl methyl sites for hydroxylation is 1. The summed E-state index contributed by atoms with van der Waals surface area (Å²) in [5, 5.41) is 15.2. The van der Waals surface area contributed by atoms with Crippen LogP contribution in [0.2, 0.25) is 5.02 Å². The van der Waals surface area contributed by atoms with Gasteiger partial charge in [-0.2, -0.15) is 18.3 Å². The first kappa shape index (κ1) is 16.7. The van der Waals surface area contributed by atoms with E-state index in [0.29, 0.717) is 4.68 Å². The number of halogens is 4. The Hall–Kier alpha value is -2.62. The lowest BCUT2D eigenvalue weighted by molar-refractivity contribution is -0.384. The molecule has 11 heteroatoms. The van der Waals surface area contributed by atoms with Crippen LogP contribution in [0.25, 0.3) is 0 Å². The Bertz CT molecular complexity index is 771. The fourth-order valence-electron chi connectivity index (χ4n) is 1.78. The molecule has 0 fully saturated rings. The number of alkyl halides is 3. The van der Waals surface area contributed by atoms with E-state index in [1.807, 2.05) is 0 Å². The second-order valence-corrected chi connectivity index (χ2v) is 4.77. The molecule has 0 radical (unpaired) electrons. The smallest absolute Gasteiger partial charge is 0.321 e. The summed E-state index contributed by atoms with van der Waals surface area (Å²) in [4.78, 5) is 22.0. The van der Waals surface area contributed by atoms with Crippen LogP contribution in [-0.2, 0) is 13.2 Å². The Morgan fingerprint density at radius 1 is 1.35 bits per heavy atom. The van der Waals surface area contributed by atoms with E-state index in [2.05, 4.69) is 10.4 Å². The topological polar surface area (TPSA) is 90.1 Å². The second kappa shape index (κ2) is 5.88. The lowest BCUT2D eigenvalue weighted by Gasteiger charge is -2.06. The summed E-state index contributed by atoms with van der Waals surface area (Å²) in [6.45, 7) is 0. The van der Waals surface area contributed by atoms with Crippen LogP contribution in [-0.4, -0.2) is 20.6 Å². The van der Waals surface area contributed by atoms with Crippen molar-refractivity contribution in [2.24, 2.45) is 7.05 Å². The quantitative estimate of drug-likeness (QED) is 0.681. The van der Waals surface area contributed by atoms with Crippen LogP contribution >= 0.6 is 11.6 Å². The Labute approximate surface area is 131 Å². The maximum Gasteiger partial charge on any atom is 0.436 e. The predicted molar refractivity (Wildman–Crippen MR) is 74.3 cm³/mol. The van der Waals surface area contributed by atoms with Gasteiger partial charge < -0.3 is 5.32 Å². The Morgan fingerprint density at radius 2 is 1.91 bits per heavy atom. The number of benzene rings is 1. The van der Waals surface area contributed by atoms with Gasteiger partial charge >= 0.3 is 6.18 Å². The molecule has 122 valence electrons. The summed E-state index contributed by atoms with van der Waals surface area (Å²) in [5.41, 5.74) is -1.87. The number of hydrogen-bond donors (Lipinski definition) is 1. The molecule has 0 saturated heterocycles. The van der Waals surface area contributed by atoms with Crippen LogP contribution < -0.4 is 5.32 Å². The molecule has 0 unspecified atom stereocenters. The zero-order chi connectivity index (χ0) is 17.4. The van der Waals surface area contributed by atoms with Gasteiger partial charge in [-0.1, -0.05) is 11.6 Å². The maximum atomic E-state index is 12.7. The molecule has 0 aliphatic carbocycles. The van der Waals surface area contributed by atoms with Crippen LogP contribution in [0.1, 0.15) is 16.2 Å². The van der Waals surface area contributed by atoms with E-state index >= 15 is 0 Å². The maximum absolute atomic E-state index is 12.7. The average molecular weight is 349 g/mol.